The monoisotopic (exact) mass is 319 g/mol. The lowest BCUT2D eigenvalue weighted by atomic mass is 10.1. The molecule has 2 amide bonds. The topological polar surface area (TPSA) is 69.7 Å². The standard InChI is InChI=1S/C9H17N3O3S.2ClH/c1-11(2)9(13)12-4-3-10-7-5-16(14,15)6-8(7)12;;/h7-8,10H,3-6H2,1-2H3;2*1H. The average Bonchev–Trinajstić information content (AvgIpc) is 2.49. The lowest BCUT2D eigenvalue weighted by Gasteiger charge is -2.38. The molecule has 2 unspecified atom stereocenters. The SMILES string of the molecule is CN(C)C(=O)N1CCNC2CS(=O)(=O)CC21.Cl.Cl. The highest BCUT2D eigenvalue weighted by atomic mass is 35.5. The number of urea groups is 1. The Balaban J connectivity index is 0.00000144. The van der Waals surface area contributed by atoms with Gasteiger partial charge < -0.3 is 15.1 Å². The van der Waals surface area contributed by atoms with Crippen molar-refractivity contribution < 1.29 is 13.2 Å². The van der Waals surface area contributed by atoms with Crippen molar-refractivity contribution in [3.05, 3.63) is 0 Å². The fourth-order valence-electron chi connectivity index (χ4n) is 2.36. The van der Waals surface area contributed by atoms with E-state index >= 15 is 0 Å². The number of fused-ring (bicyclic) bond motifs is 1. The van der Waals surface area contributed by atoms with Crippen molar-refractivity contribution in [2.75, 3.05) is 38.7 Å². The third-order valence-corrected chi connectivity index (χ3v) is 4.83. The highest BCUT2D eigenvalue weighted by Crippen LogP contribution is 2.21. The molecule has 2 rings (SSSR count). The fraction of sp³-hybridized carbons (Fsp3) is 0.889. The van der Waals surface area contributed by atoms with Gasteiger partial charge in [-0.15, -0.1) is 24.8 Å². The Labute approximate surface area is 120 Å². The van der Waals surface area contributed by atoms with Crippen molar-refractivity contribution >= 4 is 40.7 Å². The van der Waals surface area contributed by atoms with Crippen molar-refractivity contribution in [3.63, 3.8) is 0 Å². The molecule has 0 saturated carbocycles. The maximum Gasteiger partial charge on any atom is 0.319 e. The number of rotatable bonds is 0. The molecule has 0 spiro atoms. The number of nitrogens with one attached hydrogen (secondary N) is 1. The van der Waals surface area contributed by atoms with Gasteiger partial charge in [0.1, 0.15) is 0 Å². The van der Waals surface area contributed by atoms with Crippen LogP contribution in [-0.2, 0) is 9.84 Å². The molecule has 1 N–H and O–H groups in total. The van der Waals surface area contributed by atoms with Gasteiger partial charge in [0.15, 0.2) is 9.84 Å². The van der Waals surface area contributed by atoms with Crippen LogP contribution in [0.15, 0.2) is 0 Å². The number of piperazine rings is 1. The second-order valence-electron chi connectivity index (χ2n) is 4.58. The van der Waals surface area contributed by atoms with Crippen LogP contribution < -0.4 is 5.32 Å². The summed E-state index contributed by atoms with van der Waals surface area (Å²) in [4.78, 5) is 15.0. The minimum Gasteiger partial charge on any atom is -0.331 e. The summed E-state index contributed by atoms with van der Waals surface area (Å²) in [6, 6.07) is -0.398. The van der Waals surface area contributed by atoms with Gasteiger partial charge in [0.05, 0.1) is 17.5 Å². The first kappa shape index (κ1) is 17.8. The summed E-state index contributed by atoms with van der Waals surface area (Å²) in [5, 5.41) is 3.17. The molecule has 0 aromatic carbocycles. The van der Waals surface area contributed by atoms with Gasteiger partial charge in [0.25, 0.3) is 0 Å². The smallest absolute Gasteiger partial charge is 0.319 e. The second-order valence-corrected chi connectivity index (χ2v) is 6.73. The molecular formula is C9H19Cl2N3O3S. The van der Waals surface area contributed by atoms with E-state index in [1.807, 2.05) is 0 Å². The van der Waals surface area contributed by atoms with Crippen LogP contribution in [0.5, 0.6) is 0 Å². The predicted octanol–water partition coefficient (Wildman–Crippen LogP) is -0.418. The molecule has 0 radical (unpaired) electrons. The van der Waals surface area contributed by atoms with Crippen LogP contribution in [0.25, 0.3) is 0 Å². The highest BCUT2D eigenvalue weighted by Gasteiger charge is 2.44. The molecule has 2 saturated heterocycles. The van der Waals surface area contributed by atoms with Gasteiger partial charge in [0.2, 0.25) is 0 Å². The molecule has 2 fully saturated rings. The highest BCUT2D eigenvalue weighted by molar-refractivity contribution is 7.91. The molecular weight excluding hydrogens is 301 g/mol. The number of amides is 2. The molecule has 108 valence electrons. The van der Waals surface area contributed by atoms with Gasteiger partial charge in [0, 0.05) is 33.2 Å². The lowest BCUT2D eigenvalue weighted by molar-refractivity contribution is 0.130. The molecule has 6 nitrogen and oxygen atoms in total. The Morgan fingerprint density at radius 1 is 1.28 bits per heavy atom. The summed E-state index contributed by atoms with van der Waals surface area (Å²) < 4.78 is 23.1. The number of nitrogens with zero attached hydrogens (tertiary/aromatic N) is 2. The molecule has 0 aromatic heterocycles. The van der Waals surface area contributed by atoms with Crippen LogP contribution in [0, 0.1) is 0 Å². The number of carbonyl (C=O) groups is 1. The van der Waals surface area contributed by atoms with Crippen LogP contribution >= 0.6 is 24.8 Å². The Morgan fingerprint density at radius 3 is 2.44 bits per heavy atom. The van der Waals surface area contributed by atoms with Crippen molar-refractivity contribution in [1.29, 1.82) is 0 Å². The number of hydrogen-bond donors (Lipinski definition) is 1. The minimum atomic E-state index is -3.00. The zero-order valence-corrected chi connectivity index (χ0v) is 12.8. The van der Waals surface area contributed by atoms with Crippen LogP contribution in [0.3, 0.4) is 0 Å². The van der Waals surface area contributed by atoms with Crippen molar-refractivity contribution in [2.45, 2.75) is 12.1 Å². The molecule has 0 aliphatic carbocycles. The molecule has 2 heterocycles. The quantitative estimate of drug-likeness (QED) is 0.658. The van der Waals surface area contributed by atoms with E-state index in [0.29, 0.717) is 13.1 Å². The molecule has 0 aromatic rings. The maximum atomic E-state index is 11.9. The first-order valence-electron chi connectivity index (χ1n) is 5.32. The zero-order chi connectivity index (χ0) is 11.9. The van der Waals surface area contributed by atoms with E-state index in [9.17, 15) is 13.2 Å². The van der Waals surface area contributed by atoms with E-state index in [1.165, 1.54) is 4.90 Å². The van der Waals surface area contributed by atoms with Crippen LogP contribution in [0.4, 0.5) is 4.79 Å². The summed E-state index contributed by atoms with van der Waals surface area (Å²) in [6.07, 6.45) is 0. The van der Waals surface area contributed by atoms with Gasteiger partial charge in [-0.25, -0.2) is 13.2 Å². The van der Waals surface area contributed by atoms with E-state index in [1.54, 1.807) is 19.0 Å². The second kappa shape index (κ2) is 6.27. The Bertz CT molecular complexity index is 402. The minimum absolute atomic E-state index is 0. The fourth-order valence-corrected chi connectivity index (χ4v) is 4.32. The molecule has 2 aliphatic heterocycles. The molecule has 0 bridgehead atoms. The van der Waals surface area contributed by atoms with Crippen LogP contribution in [0.2, 0.25) is 0 Å². The summed E-state index contributed by atoms with van der Waals surface area (Å²) >= 11 is 0. The lowest BCUT2D eigenvalue weighted by Crippen LogP contribution is -2.60. The van der Waals surface area contributed by atoms with Gasteiger partial charge in [-0.05, 0) is 0 Å². The summed E-state index contributed by atoms with van der Waals surface area (Å²) in [7, 11) is 0.371. The number of hydrogen-bond acceptors (Lipinski definition) is 4. The van der Waals surface area contributed by atoms with Gasteiger partial charge in [-0.1, -0.05) is 0 Å². The number of halogens is 2. The van der Waals surface area contributed by atoms with Gasteiger partial charge in [-0.3, -0.25) is 0 Å². The average molecular weight is 320 g/mol. The van der Waals surface area contributed by atoms with E-state index in [-0.39, 0.29) is 54.4 Å². The molecule has 9 heteroatoms. The van der Waals surface area contributed by atoms with Gasteiger partial charge in [-0.2, -0.15) is 0 Å². The number of carbonyl (C=O) groups excluding carboxylic acids is 1. The first-order valence-corrected chi connectivity index (χ1v) is 7.14. The van der Waals surface area contributed by atoms with Crippen LogP contribution in [0.1, 0.15) is 0 Å². The normalized spacial score (nSPS) is 28.7. The molecule has 2 aliphatic rings. The predicted molar refractivity (Wildman–Crippen MR) is 74.5 cm³/mol. The Morgan fingerprint density at radius 2 is 1.89 bits per heavy atom. The summed E-state index contributed by atoms with van der Waals surface area (Å²) in [6.45, 7) is 1.24. The van der Waals surface area contributed by atoms with Crippen molar-refractivity contribution in [2.24, 2.45) is 0 Å². The van der Waals surface area contributed by atoms with Crippen molar-refractivity contribution in [1.82, 2.24) is 15.1 Å². The maximum absolute atomic E-state index is 11.9. The van der Waals surface area contributed by atoms with E-state index in [2.05, 4.69) is 5.32 Å². The summed E-state index contributed by atoms with van der Waals surface area (Å²) in [5.41, 5.74) is 0. The third-order valence-electron chi connectivity index (χ3n) is 3.11. The first-order chi connectivity index (χ1) is 7.41. The summed E-state index contributed by atoms with van der Waals surface area (Å²) in [5.74, 6) is 0.235. The van der Waals surface area contributed by atoms with E-state index < -0.39 is 9.84 Å². The largest absolute Gasteiger partial charge is 0.331 e. The Kier molecular flexibility index (Phi) is 6.19. The van der Waals surface area contributed by atoms with Gasteiger partial charge >= 0.3 is 6.03 Å². The van der Waals surface area contributed by atoms with Crippen LogP contribution in [-0.4, -0.2) is 75.0 Å². The molecule has 2 atom stereocenters. The van der Waals surface area contributed by atoms with E-state index in [4.69, 9.17) is 0 Å². The Hall–Kier alpha value is -0.240. The van der Waals surface area contributed by atoms with Crippen molar-refractivity contribution in [3.8, 4) is 0 Å². The molecule has 18 heavy (non-hydrogen) atoms. The van der Waals surface area contributed by atoms with E-state index in [0.717, 1.165) is 0 Å². The zero-order valence-electron chi connectivity index (χ0n) is 10.3. The third kappa shape index (κ3) is 3.40. The number of sulfone groups is 1.